The fraction of sp³-hybridized carbons (Fsp3) is 0.583. The van der Waals surface area contributed by atoms with Crippen LogP contribution in [0.1, 0.15) is 12.8 Å². The predicted molar refractivity (Wildman–Crippen MR) is 67.6 cm³/mol. The third kappa shape index (κ3) is 2.27. The summed E-state index contributed by atoms with van der Waals surface area (Å²) in [6.45, 7) is 2.13. The van der Waals surface area contributed by atoms with E-state index in [1.807, 2.05) is 18.3 Å². The monoisotopic (exact) mass is 220 g/mol. The van der Waals surface area contributed by atoms with Crippen molar-refractivity contribution in [3.8, 4) is 0 Å². The van der Waals surface area contributed by atoms with Crippen LogP contribution in [0.3, 0.4) is 0 Å². The molecule has 0 spiro atoms. The first-order chi connectivity index (χ1) is 7.68. The van der Waals surface area contributed by atoms with Crippen LogP contribution >= 0.6 is 0 Å². The molecule has 1 saturated heterocycles. The second-order valence-corrected chi connectivity index (χ2v) is 4.67. The van der Waals surface area contributed by atoms with Crippen molar-refractivity contribution < 1.29 is 0 Å². The van der Waals surface area contributed by atoms with Gasteiger partial charge in [0.15, 0.2) is 5.82 Å². The molecule has 0 saturated carbocycles. The number of rotatable bonds is 3. The molecule has 1 aromatic rings. The molecule has 0 bridgehead atoms. The molecule has 0 aliphatic carbocycles. The Morgan fingerprint density at radius 1 is 1.56 bits per heavy atom. The molecule has 1 fully saturated rings. The number of nitrogens with two attached hydrogens (primary N) is 1. The van der Waals surface area contributed by atoms with Crippen molar-refractivity contribution in [3.63, 3.8) is 0 Å². The van der Waals surface area contributed by atoms with Crippen molar-refractivity contribution in [2.75, 3.05) is 37.8 Å². The SMILES string of the molecule is CN(C)CC1CCCN1c1ncccc1N. The molecule has 1 aromatic heterocycles. The Hall–Kier alpha value is -1.29. The Bertz CT molecular complexity index is 351. The molecular formula is C12H20N4. The van der Waals surface area contributed by atoms with Crippen molar-refractivity contribution in [1.29, 1.82) is 0 Å². The number of hydrogen-bond acceptors (Lipinski definition) is 4. The first kappa shape index (κ1) is 11.2. The van der Waals surface area contributed by atoms with Crippen LogP contribution in [0.4, 0.5) is 11.5 Å². The van der Waals surface area contributed by atoms with Gasteiger partial charge >= 0.3 is 0 Å². The molecule has 1 aliphatic heterocycles. The van der Waals surface area contributed by atoms with Crippen molar-refractivity contribution in [2.45, 2.75) is 18.9 Å². The Labute approximate surface area is 97.1 Å². The van der Waals surface area contributed by atoms with Gasteiger partial charge in [0, 0.05) is 25.3 Å². The van der Waals surface area contributed by atoms with Gasteiger partial charge in [0.1, 0.15) is 0 Å². The summed E-state index contributed by atoms with van der Waals surface area (Å²) in [7, 11) is 4.22. The van der Waals surface area contributed by atoms with Gasteiger partial charge in [-0.3, -0.25) is 0 Å². The number of pyridine rings is 1. The fourth-order valence-corrected chi connectivity index (χ4v) is 2.38. The quantitative estimate of drug-likeness (QED) is 0.831. The molecule has 2 heterocycles. The van der Waals surface area contributed by atoms with Gasteiger partial charge in [0.2, 0.25) is 0 Å². The van der Waals surface area contributed by atoms with E-state index < -0.39 is 0 Å². The summed E-state index contributed by atoms with van der Waals surface area (Å²) in [5.41, 5.74) is 6.76. The Balaban J connectivity index is 2.17. The topological polar surface area (TPSA) is 45.4 Å². The maximum absolute atomic E-state index is 5.98. The number of hydrogen-bond donors (Lipinski definition) is 1. The molecule has 88 valence electrons. The smallest absolute Gasteiger partial charge is 0.152 e. The predicted octanol–water partition coefficient (Wildman–Crippen LogP) is 1.19. The van der Waals surface area contributed by atoms with Crippen LogP contribution in [-0.4, -0.2) is 43.1 Å². The number of likely N-dealkylation sites (N-methyl/N-ethyl adjacent to an activating group) is 1. The lowest BCUT2D eigenvalue weighted by Crippen LogP contribution is -2.38. The van der Waals surface area contributed by atoms with Crippen LogP contribution in [-0.2, 0) is 0 Å². The van der Waals surface area contributed by atoms with Crippen LogP contribution in [0.2, 0.25) is 0 Å². The van der Waals surface area contributed by atoms with E-state index in [1.54, 1.807) is 0 Å². The molecule has 0 amide bonds. The maximum atomic E-state index is 5.98. The van der Waals surface area contributed by atoms with Crippen molar-refractivity contribution in [2.24, 2.45) is 0 Å². The summed E-state index contributed by atoms with van der Waals surface area (Å²) in [5.74, 6) is 0.951. The summed E-state index contributed by atoms with van der Waals surface area (Å²) in [4.78, 5) is 8.97. The van der Waals surface area contributed by atoms with E-state index in [4.69, 9.17) is 5.73 Å². The molecule has 16 heavy (non-hydrogen) atoms. The van der Waals surface area contributed by atoms with Crippen LogP contribution in [0.25, 0.3) is 0 Å². The highest BCUT2D eigenvalue weighted by Gasteiger charge is 2.26. The van der Waals surface area contributed by atoms with Crippen LogP contribution in [0.15, 0.2) is 18.3 Å². The molecule has 4 nitrogen and oxygen atoms in total. The summed E-state index contributed by atoms with van der Waals surface area (Å²) in [5, 5.41) is 0. The molecule has 2 rings (SSSR count). The van der Waals surface area contributed by atoms with Gasteiger partial charge in [-0.2, -0.15) is 0 Å². The van der Waals surface area contributed by atoms with E-state index in [-0.39, 0.29) is 0 Å². The van der Waals surface area contributed by atoms with Crippen LogP contribution in [0.5, 0.6) is 0 Å². The largest absolute Gasteiger partial charge is 0.396 e. The van der Waals surface area contributed by atoms with E-state index in [0.717, 1.165) is 24.6 Å². The number of nitrogens with zero attached hydrogens (tertiary/aromatic N) is 3. The zero-order chi connectivity index (χ0) is 11.5. The minimum absolute atomic E-state index is 0.548. The third-order valence-corrected chi connectivity index (χ3v) is 3.04. The minimum Gasteiger partial charge on any atom is -0.396 e. The summed E-state index contributed by atoms with van der Waals surface area (Å²) in [6, 6.07) is 4.36. The normalized spacial score (nSPS) is 20.7. The van der Waals surface area contributed by atoms with Gasteiger partial charge in [-0.25, -0.2) is 4.98 Å². The first-order valence-electron chi connectivity index (χ1n) is 5.80. The Morgan fingerprint density at radius 2 is 2.38 bits per heavy atom. The van der Waals surface area contributed by atoms with Crippen molar-refractivity contribution in [3.05, 3.63) is 18.3 Å². The lowest BCUT2D eigenvalue weighted by Gasteiger charge is -2.28. The Kier molecular flexibility index (Phi) is 3.29. The summed E-state index contributed by atoms with van der Waals surface area (Å²) < 4.78 is 0. The van der Waals surface area contributed by atoms with Gasteiger partial charge in [0.05, 0.1) is 5.69 Å². The van der Waals surface area contributed by atoms with E-state index in [1.165, 1.54) is 12.8 Å². The number of anilines is 2. The number of aromatic nitrogens is 1. The van der Waals surface area contributed by atoms with Crippen LogP contribution in [0, 0.1) is 0 Å². The van der Waals surface area contributed by atoms with E-state index in [0.29, 0.717) is 6.04 Å². The van der Waals surface area contributed by atoms with Crippen molar-refractivity contribution in [1.82, 2.24) is 9.88 Å². The lowest BCUT2D eigenvalue weighted by molar-refractivity contribution is 0.371. The zero-order valence-electron chi connectivity index (χ0n) is 10.1. The second-order valence-electron chi connectivity index (χ2n) is 4.67. The molecule has 1 atom stereocenters. The average Bonchev–Trinajstić information content (AvgIpc) is 2.66. The highest BCUT2D eigenvalue weighted by atomic mass is 15.3. The first-order valence-corrected chi connectivity index (χ1v) is 5.80. The van der Waals surface area contributed by atoms with Gasteiger partial charge < -0.3 is 15.5 Å². The van der Waals surface area contributed by atoms with Gasteiger partial charge in [-0.15, -0.1) is 0 Å². The number of nitrogen functional groups attached to an aromatic ring is 1. The van der Waals surface area contributed by atoms with E-state index >= 15 is 0 Å². The maximum Gasteiger partial charge on any atom is 0.152 e. The van der Waals surface area contributed by atoms with Crippen molar-refractivity contribution >= 4 is 11.5 Å². The summed E-state index contributed by atoms with van der Waals surface area (Å²) >= 11 is 0. The molecule has 0 aromatic carbocycles. The minimum atomic E-state index is 0.548. The highest BCUT2D eigenvalue weighted by molar-refractivity contribution is 5.63. The van der Waals surface area contributed by atoms with Gasteiger partial charge in [0.25, 0.3) is 0 Å². The van der Waals surface area contributed by atoms with Gasteiger partial charge in [-0.1, -0.05) is 0 Å². The Morgan fingerprint density at radius 3 is 3.06 bits per heavy atom. The lowest BCUT2D eigenvalue weighted by atomic mass is 10.2. The second kappa shape index (κ2) is 4.70. The summed E-state index contributed by atoms with van der Waals surface area (Å²) in [6.07, 6.45) is 4.28. The molecule has 4 heteroatoms. The van der Waals surface area contributed by atoms with E-state index in [9.17, 15) is 0 Å². The van der Waals surface area contributed by atoms with Gasteiger partial charge in [-0.05, 0) is 39.1 Å². The zero-order valence-corrected chi connectivity index (χ0v) is 10.1. The molecule has 1 unspecified atom stereocenters. The fourth-order valence-electron chi connectivity index (χ4n) is 2.38. The molecule has 0 radical (unpaired) electrons. The highest BCUT2D eigenvalue weighted by Crippen LogP contribution is 2.28. The standard InChI is InChI=1S/C12H20N4/c1-15(2)9-10-5-4-8-16(10)12-11(13)6-3-7-14-12/h3,6-7,10H,4-5,8-9,13H2,1-2H3. The average molecular weight is 220 g/mol. The van der Waals surface area contributed by atoms with Crippen LogP contribution < -0.4 is 10.6 Å². The molecular weight excluding hydrogens is 200 g/mol. The third-order valence-electron chi connectivity index (χ3n) is 3.04. The molecule has 2 N–H and O–H groups in total. The van der Waals surface area contributed by atoms with E-state index in [2.05, 4.69) is 28.9 Å². The molecule has 1 aliphatic rings.